The van der Waals surface area contributed by atoms with Gasteiger partial charge in [-0.1, -0.05) is 19.1 Å². The van der Waals surface area contributed by atoms with Gasteiger partial charge in [-0.25, -0.2) is 18.4 Å². The van der Waals surface area contributed by atoms with Gasteiger partial charge in [-0.3, -0.25) is 4.79 Å². The van der Waals surface area contributed by atoms with Crippen LogP contribution in [0.15, 0.2) is 65.8 Å². The van der Waals surface area contributed by atoms with Crippen LogP contribution in [0.25, 0.3) is 0 Å². The van der Waals surface area contributed by atoms with Crippen molar-refractivity contribution in [3.63, 3.8) is 0 Å². The Kier molecular flexibility index (Phi) is 10.6. The van der Waals surface area contributed by atoms with E-state index in [9.17, 15) is 40.4 Å². The third kappa shape index (κ3) is 8.64. The van der Waals surface area contributed by atoms with Crippen molar-refractivity contribution in [2.75, 3.05) is 23.8 Å². The molecule has 2 heterocycles. The van der Waals surface area contributed by atoms with Gasteiger partial charge in [0.1, 0.15) is 6.10 Å². The van der Waals surface area contributed by atoms with Crippen molar-refractivity contribution in [2.45, 2.75) is 55.6 Å². The zero-order chi connectivity index (χ0) is 32.8. The maximum Gasteiger partial charge on any atom is 0.451 e. The lowest BCUT2D eigenvalue weighted by atomic mass is 10.0. The minimum atomic E-state index is -4.72. The van der Waals surface area contributed by atoms with E-state index in [1.165, 1.54) is 43.3 Å². The fourth-order valence-electron chi connectivity index (χ4n) is 4.80. The van der Waals surface area contributed by atoms with E-state index in [0.29, 0.717) is 11.3 Å². The second-order valence-electron chi connectivity index (χ2n) is 10.0. The molecule has 45 heavy (non-hydrogen) atoms. The molecular formula is C29H28F5N5O5S. The smallest absolute Gasteiger partial charge is 0.451 e. The molecule has 1 aliphatic heterocycles. The van der Waals surface area contributed by atoms with E-state index < -0.39 is 52.5 Å². The van der Waals surface area contributed by atoms with Crippen molar-refractivity contribution in [3.8, 4) is 11.8 Å². The highest BCUT2D eigenvalue weighted by Crippen LogP contribution is 2.31. The number of sulfone groups is 1. The van der Waals surface area contributed by atoms with Crippen molar-refractivity contribution < 1.29 is 44.6 Å². The number of anilines is 1. The summed E-state index contributed by atoms with van der Waals surface area (Å²) >= 11 is 0. The first-order chi connectivity index (χ1) is 21.3. The number of hydrogen-bond acceptors (Lipinski definition) is 9. The molecule has 4 rings (SSSR count). The number of alkyl halides is 5. The first-order valence-electron chi connectivity index (χ1n) is 13.6. The number of nitriles is 1. The Morgan fingerprint density at radius 2 is 1.76 bits per heavy atom. The summed E-state index contributed by atoms with van der Waals surface area (Å²) in [6.45, 7) is -1.69. The molecule has 0 aliphatic carbocycles. The summed E-state index contributed by atoms with van der Waals surface area (Å²) in [5, 5.41) is 12.1. The van der Waals surface area contributed by atoms with Crippen LogP contribution in [-0.2, 0) is 20.8 Å². The molecule has 3 atom stereocenters. The number of nitrogens with zero attached hydrogens (tertiary/aromatic N) is 4. The summed E-state index contributed by atoms with van der Waals surface area (Å²) in [6, 6.07) is 12.8. The molecule has 1 saturated heterocycles. The Hall–Kier alpha value is -4.36. The number of hydrogen-bond donors (Lipinski definition) is 1. The molecule has 1 N–H and O–H groups in total. The van der Waals surface area contributed by atoms with Gasteiger partial charge in [0.05, 0.1) is 60.8 Å². The predicted molar refractivity (Wildman–Crippen MR) is 150 cm³/mol. The Labute approximate surface area is 255 Å². The molecule has 1 aliphatic rings. The SMILES string of the molecule is CCS(=O)(=O)c1ccc([C@H](CC#N)NC(=O)c2ccc(N3C[C@@H](Oc4cnc(C(F)(F)F)nc4)C[C@H]3COC(F)F)cc2)cc1. The van der Waals surface area contributed by atoms with E-state index in [1.54, 1.807) is 17.0 Å². The van der Waals surface area contributed by atoms with Crippen LogP contribution in [0.1, 0.15) is 47.6 Å². The van der Waals surface area contributed by atoms with Crippen molar-refractivity contribution >= 4 is 21.4 Å². The zero-order valence-electron chi connectivity index (χ0n) is 23.7. The third-order valence-corrected chi connectivity index (χ3v) is 8.81. The second kappa shape index (κ2) is 14.2. The standard InChI is InChI=1S/C29H28F5N5O5S/c1-2-45(41,42)24-9-5-18(6-10-24)25(11-12-35)38-26(40)19-3-7-20(8-4-19)39-16-22(13-21(39)17-43-28(30)31)44-23-14-36-27(37-15-23)29(32,33)34/h3-10,14-15,21-22,25,28H,2,11,13,16-17H2,1H3,(H,38,40)/t21-,22-,25-/m0/s1. The Morgan fingerprint density at radius 1 is 1.11 bits per heavy atom. The monoisotopic (exact) mass is 653 g/mol. The number of nitrogens with one attached hydrogen (secondary N) is 1. The summed E-state index contributed by atoms with van der Waals surface area (Å²) in [7, 11) is -3.42. The second-order valence-corrected chi connectivity index (χ2v) is 12.3. The molecule has 240 valence electrons. The highest BCUT2D eigenvalue weighted by Gasteiger charge is 2.36. The number of benzene rings is 2. The van der Waals surface area contributed by atoms with Crippen LogP contribution >= 0.6 is 0 Å². The molecule has 0 unspecified atom stereocenters. The van der Waals surface area contributed by atoms with Crippen LogP contribution in [0, 0.1) is 11.3 Å². The minimum absolute atomic E-state index is 0.0241. The molecule has 2 aromatic carbocycles. The van der Waals surface area contributed by atoms with Gasteiger partial charge in [-0.05, 0) is 42.0 Å². The van der Waals surface area contributed by atoms with Gasteiger partial charge >= 0.3 is 12.8 Å². The molecule has 3 aromatic rings. The van der Waals surface area contributed by atoms with Crippen LogP contribution in [0.5, 0.6) is 5.75 Å². The molecule has 0 saturated carbocycles. The first kappa shape index (κ1) is 33.5. The third-order valence-electron chi connectivity index (χ3n) is 7.06. The van der Waals surface area contributed by atoms with Gasteiger partial charge in [0, 0.05) is 17.7 Å². The normalized spacial score (nSPS) is 17.6. The van der Waals surface area contributed by atoms with Crippen molar-refractivity contribution in [3.05, 3.63) is 77.9 Å². The number of halogens is 5. The maximum atomic E-state index is 13.1. The molecule has 0 radical (unpaired) electrons. The molecule has 10 nitrogen and oxygen atoms in total. The Morgan fingerprint density at radius 3 is 2.31 bits per heavy atom. The average molecular weight is 654 g/mol. The van der Waals surface area contributed by atoms with Gasteiger partial charge in [-0.2, -0.15) is 27.2 Å². The summed E-state index contributed by atoms with van der Waals surface area (Å²) in [5.74, 6) is -1.92. The van der Waals surface area contributed by atoms with Crippen LogP contribution in [-0.4, -0.2) is 62.0 Å². The highest BCUT2D eigenvalue weighted by molar-refractivity contribution is 7.91. The Balaban J connectivity index is 1.46. The van der Waals surface area contributed by atoms with E-state index in [4.69, 9.17) is 4.74 Å². The summed E-state index contributed by atoms with van der Waals surface area (Å²) in [4.78, 5) is 21.4. The number of carbonyl (C=O) groups excluding carboxylic acids is 1. The van der Waals surface area contributed by atoms with Crippen LogP contribution < -0.4 is 15.0 Å². The van der Waals surface area contributed by atoms with E-state index in [-0.39, 0.29) is 48.0 Å². The van der Waals surface area contributed by atoms with Crippen molar-refractivity contribution in [1.29, 1.82) is 5.26 Å². The molecule has 1 amide bonds. The number of rotatable bonds is 12. The summed E-state index contributed by atoms with van der Waals surface area (Å²) < 4.78 is 98.5. The van der Waals surface area contributed by atoms with E-state index in [2.05, 4.69) is 20.0 Å². The quantitative estimate of drug-likeness (QED) is 0.270. The molecule has 1 aromatic heterocycles. The molecule has 16 heteroatoms. The summed E-state index contributed by atoms with van der Waals surface area (Å²) in [5.41, 5.74) is 1.33. The lowest BCUT2D eigenvalue weighted by Gasteiger charge is -2.26. The lowest BCUT2D eigenvalue weighted by molar-refractivity contribution is -0.145. The highest BCUT2D eigenvalue weighted by atomic mass is 32.2. The van der Waals surface area contributed by atoms with Crippen LogP contribution in [0.2, 0.25) is 0 Å². The first-order valence-corrected chi connectivity index (χ1v) is 15.3. The van der Waals surface area contributed by atoms with Crippen LogP contribution in [0.3, 0.4) is 0 Å². The van der Waals surface area contributed by atoms with Gasteiger partial charge in [0.25, 0.3) is 5.91 Å². The minimum Gasteiger partial charge on any atom is -0.485 e. The number of ether oxygens (including phenoxy) is 2. The fourth-order valence-corrected chi connectivity index (χ4v) is 5.68. The maximum absolute atomic E-state index is 13.1. The van der Waals surface area contributed by atoms with Crippen molar-refractivity contribution in [2.24, 2.45) is 0 Å². The molecular weight excluding hydrogens is 625 g/mol. The van der Waals surface area contributed by atoms with Gasteiger partial charge in [-0.15, -0.1) is 0 Å². The molecule has 0 bridgehead atoms. The van der Waals surface area contributed by atoms with Crippen molar-refractivity contribution in [1.82, 2.24) is 15.3 Å². The largest absolute Gasteiger partial charge is 0.485 e. The average Bonchev–Trinajstić information content (AvgIpc) is 3.42. The molecule has 1 fully saturated rings. The predicted octanol–water partition coefficient (Wildman–Crippen LogP) is 4.94. The van der Waals surface area contributed by atoms with Gasteiger partial charge < -0.3 is 19.7 Å². The van der Waals surface area contributed by atoms with E-state index in [1.807, 2.05) is 6.07 Å². The number of aromatic nitrogens is 2. The molecule has 0 spiro atoms. The number of carbonyl (C=O) groups is 1. The lowest BCUT2D eigenvalue weighted by Crippen LogP contribution is -2.34. The zero-order valence-corrected chi connectivity index (χ0v) is 24.6. The van der Waals surface area contributed by atoms with Gasteiger partial charge in [0.15, 0.2) is 15.6 Å². The summed E-state index contributed by atoms with van der Waals surface area (Å²) in [6.07, 6.45) is -3.44. The van der Waals surface area contributed by atoms with Crippen LogP contribution in [0.4, 0.5) is 27.6 Å². The topological polar surface area (TPSA) is 135 Å². The van der Waals surface area contributed by atoms with Gasteiger partial charge in [0.2, 0.25) is 5.82 Å². The number of amides is 1. The van der Waals surface area contributed by atoms with E-state index in [0.717, 1.165) is 12.4 Å². The Bertz CT molecular complexity index is 1600. The van der Waals surface area contributed by atoms with E-state index >= 15 is 0 Å². The fraction of sp³-hybridized carbons (Fsp3) is 0.379.